The predicted molar refractivity (Wildman–Crippen MR) is 163 cm³/mol. The summed E-state index contributed by atoms with van der Waals surface area (Å²) in [5.41, 5.74) is 6.68. The fourth-order valence-electron chi connectivity index (χ4n) is 3.71. The molecule has 0 aliphatic carbocycles. The Bertz CT molecular complexity index is 1460. The van der Waals surface area contributed by atoms with Crippen LogP contribution in [0.5, 0.6) is 5.75 Å². The number of hydrogen-bond donors (Lipinski definition) is 1. The molecule has 200 valence electrons. The van der Waals surface area contributed by atoms with Crippen LogP contribution in [0.2, 0.25) is 0 Å². The number of nitrogens with one attached hydrogen (secondary N) is 1. The number of allylic oxidation sites excluding steroid dienone is 1. The Balaban J connectivity index is 1.51. The summed E-state index contributed by atoms with van der Waals surface area (Å²) in [7, 11) is 1.63. The Morgan fingerprint density at radius 1 is 1.03 bits per heavy atom. The number of ether oxygens (including phenoxy) is 1. The highest BCUT2D eigenvalue weighted by molar-refractivity contribution is 9.12. The van der Waals surface area contributed by atoms with E-state index >= 15 is 0 Å². The van der Waals surface area contributed by atoms with E-state index in [9.17, 15) is 4.79 Å². The molecule has 0 bridgehead atoms. The quantitative estimate of drug-likeness (QED) is 0.128. The Morgan fingerprint density at radius 2 is 1.72 bits per heavy atom. The van der Waals surface area contributed by atoms with E-state index in [2.05, 4.69) is 81.7 Å². The van der Waals surface area contributed by atoms with Gasteiger partial charge in [0.05, 0.1) is 19.1 Å². The van der Waals surface area contributed by atoms with Gasteiger partial charge < -0.3 is 4.74 Å². The average molecular weight is 605 g/mol. The summed E-state index contributed by atoms with van der Waals surface area (Å²) in [5.74, 6) is 1.31. The number of carbonyl (C=O) groups is 1. The zero-order valence-corrected chi connectivity index (χ0v) is 24.7. The van der Waals surface area contributed by atoms with Gasteiger partial charge in [0.15, 0.2) is 11.0 Å². The summed E-state index contributed by atoms with van der Waals surface area (Å²) in [6, 6.07) is 25.8. The lowest BCUT2D eigenvalue weighted by Crippen LogP contribution is -2.19. The van der Waals surface area contributed by atoms with Crippen molar-refractivity contribution in [2.24, 2.45) is 5.10 Å². The number of thioether (sulfide) groups is 1. The molecular formula is C30H30BrN5O2S. The average Bonchev–Trinajstić information content (AvgIpc) is 3.36. The second kappa shape index (κ2) is 12.9. The van der Waals surface area contributed by atoms with Crippen LogP contribution in [0.1, 0.15) is 31.9 Å². The van der Waals surface area contributed by atoms with Gasteiger partial charge in [0.2, 0.25) is 0 Å². The fraction of sp³-hybridized carbons (Fsp3) is 0.200. The molecule has 0 saturated carbocycles. The largest absolute Gasteiger partial charge is 0.497 e. The topological polar surface area (TPSA) is 81.4 Å². The maximum Gasteiger partial charge on any atom is 0.250 e. The van der Waals surface area contributed by atoms with Crippen molar-refractivity contribution in [1.82, 2.24) is 20.2 Å². The monoisotopic (exact) mass is 603 g/mol. The van der Waals surface area contributed by atoms with Crippen LogP contribution in [0.25, 0.3) is 23.2 Å². The van der Waals surface area contributed by atoms with Gasteiger partial charge >= 0.3 is 0 Å². The van der Waals surface area contributed by atoms with E-state index < -0.39 is 0 Å². The van der Waals surface area contributed by atoms with Crippen LogP contribution in [0.15, 0.2) is 93.6 Å². The summed E-state index contributed by atoms with van der Waals surface area (Å²) in [4.78, 5) is 12.5. The molecule has 3 aromatic carbocycles. The highest BCUT2D eigenvalue weighted by Crippen LogP contribution is 2.30. The van der Waals surface area contributed by atoms with Gasteiger partial charge in [-0.05, 0) is 62.8 Å². The number of halogens is 1. The van der Waals surface area contributed by atoms with E-state index in [0.717, 1.165) is 27.0 Å². The Morgan fingerprint density at radius 3 is 2.36 bits per heavy atom. The SMILES string of the molecule is COc1ccc(-n2c(SCC(=O)N/N=C\C(Br)=C/c3ccccc3)nnc2-c2ccc(C(C)(C)C)cc2)cc1. The second-order valence-corrected chi connectivity index (χ2v) is 11.5. The molecule has 1 amide bonds. The van der Waals surface area contributed by atoms with Crippen molar-refractivity contribution in [3.63, 3.8) is 0 Å². The van der Waals surface area contributed by atoms with Crippen LogP contribution in [-0.2, 0) is 10.2 Å². The molecule has 0 fully saturated rings. The van der Waals surface area contributed by atoms with Gasteiger partial charge in [0, 0.05) is 15.7 Å². The molecule has 9 heteroatoms. The van der Waals surface area contributed by atoms with Gasteiger partial charge in [0.25, 0.3) is 5.91 Å². The molecular weight excluding hydrogens is 574 g/mol. The van der Waals surface area contributed by atoms with Crippen LogP contribution in [-0.4, -0.2) is 39.7 Å². The molecule has 0 spiro atoms. The van der Waals surface area contributed by atoms with Crippen molar-refractivity contribution in [2.75, 3.05) is 12.9 Å². The number of amides is 1. The zero-order valence-electron chi connectivity index (χ0n) is 22.3. The maximum absolute atomic E-state index is 12.5. The highest BCUT2D eigenvalue weighted by atomic mass is 79.9. The molecule has 1 heterocycles. The molecule has 7 nitrogen and oxygen atoms in total. The van der Waals surface area contributed by atoms with Gasteiger partial charge in [-0.25, -0.2) is 5.43 Å². The van der Waals surface area contributed by atoms with Crippen LogP contribution < -0.4 is 10.2 Å². The minimum absolute atomic E-state index is 0.0476. The third-order valence-electron chi connectivity index (χ3n) is 5.79. The van der Waals surface area contributed by atoms with Crippen molar-refractivity contribution in [1.29, 1.82) is 0 Å². The van der Waals surface area contributed by atoms with Gasteiger partial charge in [-0.2, -0.15) is 5.10 Å². The molecule has 0 atom stereocenters. The molecule has 39 heavy (non-hydrogen) atoms. The van der Waals surface area contributed by atoms with Gasteiger partial charge in [-0.1, -0.05) is 87.1 Å². The first-order valence-corrected chi connectivity index (χ1v) is 14.1. The first kappa shape index (κ1) is 28.3. The number of hydrazone groups is 1. The van der Waals surface area contributed by atoms with Gasteiger partial charge in [-0.15, -0.1) is 10.2 Å². The summed E-state index contributed by atoms with van der Waals surface area (Å²) in [6.07, 6.45) is 3.46. The lowest BCUT2D eigenvalue weighted by Gasteiger charge is -2.19. The van der Waals surface area contributed by atoms with E-state index in [1.807, 2.05) is 65.2 Å². The Hall–Kier alpha value is -3.69. The van der Waals surface area contributed by atoms with E-state index in [0.29, 0.717) is 11.0 Å². The standard InChI is InChI=1S/C30H30BrN5O2S/c1-30(2,3)23-12-10-22(11-13-23)28-34-35-29(36(28)25-14-16-26(38-4)17-15-25)39-20-27(37)33-32-19-24(31)18-21-8-6-5-7-9-21/h5-19H,20H2,1-4H3,(H,33,37)/b24-18+,32-19-. The highest BCUT2D eigenvalue weighted by Gasteiger charge is 2.19. The molecule has 1 N–H and O–H groups in total. The number of aromatic nitrogens is 3. The maximum atomic E-state index is 12.5. The molecule has 0 saturated heterocycles. The summed E-state index contributed by atoms with van der Waals surface area (Å²) in [5, 5.41) is 13.6. The molecule has 0 aliphatic rings. The number of methoxy groups -OCH3 is 1. The normalized spacial score (nSPS) is 12.1. The van der Waals surface area contributed by atoms with E-state index in [-0.39, 0.29) is 17.1 Å². The molecule has 0 unspecified atom stereocenters. The third kappa shape index (κ3) is 7.68. The van der Waals surface area contributed by atoms with Crippen molar-refractivity contribution in [3.05, 3.63) is 94.5 Å². The Labute approximate surface area is 241 Å². The number of carbonyl (C=O) groups excluding carboxylic acids is 1. The van der Waals surface area contributed by atoms with E-state index in [1.54, 1.807) is 13.3 Å². The minimum atomic E-state index is -0.253. The minimum Gasteiger partial charge on any atom is -0.497 e. The fourth-order valence-corrected chi connectivity index (χ4v) is 4.82. The van der Waals surface area contributed by atoms with Gasteiger partial charge in [-0.3, -0.25) is 9.36 Å². The molecule has 0 aliphatic heterocycles. The van der Waals surface area contributed by atoms with Crippen LogP contribution in [0, 0.1) is 0 Å². The number of hydrogen-bond acceptors (Lipinski definition) is 6. The number of nitrogens with zero attached hydrogens (tertiary/aromatic N) is 4. The summed E-state index contributed by atoms with van der Waals surface area (Å²) in [6.45, 7) is 6.55. The van der Waals surface area contributed by atoms with Crippen LogP contribution in [0.4, 0.5) is 0 Å². The number of benzene rings is 3. The van der Waals surface area contributed by atoms with Crippen molar-refractivity contribution < 1.29 is 9.53 Å². The van der Waals surface area contributed by atoms with Crippen molar-refractivity contribution >= 4 is 45.9 Å². The predicted octanol–water partition coefficient (Wildman–Crippen LogP) is 6.87. The van der Waals surface area contributed by atoms with Crippen LogP contribution >= 0.6 is 27.7 Å². The smallest absolute Gasteiger partial charge is 0.250 e. The lowest BCUT2D eigenvalue weighted by molar-refractivity contribution is -0.118. The third-order valence-corrected chi connectivity index (χ3v) is 7.15. The molecule has 1 aromatic heterocycles. The van der Waals surface area contributed by atoms with E-state index in [4.69, 9.17) is 4.74 Å². The van der Waals surface area contributed by atoms with Crippen molar-refractivity contribution in [2.45, 2.75) is 31.3 Å². The summed E-state index contributed by atoms with van der Waals surface area (Å²) < 4.78 is 8.01. The van der Waals surface area contributed by atoms with Gasteiger partial charge in [0.1, 0.15) is 5.75 Å². The summed E-state index contributed by atoms with van der Waals surface area (Å²) >= 11 is 4.74. The molecule has 0 radical (unpaired) electrons. The Kier molecular flexibility index (Phi) is 9.37. The first-order chi connectivity index (χ1) is 18.7. The lowest BCUT2D eigenvalue weighted by atomic mass is 9.87. The second-order valence-electron chi connectivity index (χ2n) is 9.69. The molecule has 4 rings (SSSR count). The van der Waals surface area contributed by atoms with Crippen molar-refractivity contribution in [3.8, 4) is 22.8 Å². The van der Waals surface area contributed by atoms with E-state index in [1.165, 1.54) is 17.3 Å². The zero-order chi connectivity index (χ0) is 27.8. The number of rotatable bonds is 9. The molecule has 4 aromatic rings. The van der Waals surface area contributed by atoms with Crippen LogP contribution in [0.3, 0.4) is 0 Å². The first-order valence-electron chi connectivity index (χ1n) is 12.3.